The Kier molecular flexibility index (Phi) is 8.55. The average Bonchev–Trinajstić information content (AvgIpc) is 3.40. The number of nitrogens with one attached hydrogen (secondary N) is 2. The molecule has 1 amide bonds. The molecule has 10 heteroatoms. The number of nitrogens with zero attached hydrogens (tertiary/aromatic N) is 1. The number of hydrogen-bond acceptors (Lipinski definition) is 6. The molecule has 0 bridgehead atoms. The van der Waals surface area contributed by atoms with Crippen molar-refractivity contribution in [2.75, 3.05) is 23.7 Å². The Bertz CT molecular complexity index is 1500. The average molecular weight is 537 g/mol. The van der Waals surface area contributed by atoms with E-state index in [4.69, 9.17) is 15.7 Å². The molecule has 0 atom stereocenters. The van der Waals surface area contributed by atoms with E-state index in [1.807, 2.05) is 36.5 Å². The minimum absolute atomic E-state index is 0.000824. The highest BCUT2D eigenvalue weighted by atomic mass is 32.2. The number of rotatable bonds is 12. The predicted octanol–water partition coefficient (Wildman–Crippen LogP) is 5.08. The van der Waals surface area contributed by atoms with Gasteiger partial charge in [0, 0.05) is 30.4 Å². The number of methoxy groups -OCH3 is 1. The largest absolute Gasteiger partial charge is 0.495 e. The minimum atomic E-state index is -4.00. The molecule has 0 aliphatic heterocycles. The van der Waals surface area contributed by atoms with Gasteiger partial charge in [-0.05, 0) is 71.8 Å². The van der Waals surface area contributed by atoms with E-state index in [9.17, 15) is 13.2 Å². The zero-order valence-corrected chi connectivity index (χ0v) is 22.0. The number of anilines is 2. The fourth-order valence-electron chi connectivity index (χ4n) is 4.40. The van der Waals surface area contributed by atoms with Crippen LogP contribution in [0.25, 0.3) is 22.0 Å². The van der Waals surface area contributed by atoms with Gasteiger partial charge in [0.05, 0.1) is 12.8 Å². The summed E-state index contributed by atoms with van der Waals surface area (Å²) in [6.07, 6.45) is 4.73. The van der Waals surface area contributed by atoms with E-state index in [0.717, 1.165) is 28.5 Å². The molecule has 0 aliphatic carbocycles. The summed E-state index contributed by atoms with van der Waals surface area (Å²) >= 11 is 0. The van der Waals surface area contributed by atoms with Crippen LogP contribution in [0.3, 0.4) is 0 Å². The standard InChI is InChI=1S/C28H32N4O5S/c1-37-26-14-11-23(29)19-27(26)38(35,36)32(17-5-3-2-4-6-28(33)31-34)24-12-9-20(10-13-24)22-8-7-21-15-16-30-25(21)18-22/h7-16,18-19,30,34H,2-6,17,29H2,1H3,(H,31,33). The molecular formula is C28H32N4O5S. The number of hydroxylamine groups is 1. The molecule has 0 fully saturated rings. The van der Waals surface area contributed by atoms with Gasteiger partial charge in [0.15, 0.2) is 0 Å². The lowest BCUT2D eigenvalue weighted by Crippen LogP contribution is -2.32. The minimum Gasteiger partial charge on any atom is -0.495 e. The first-order chi connectivity index (χ1) is 18.3. The third-order valence-electron chi connectivity index (χ3n) is 6.44. The first-order valence-corrected chi connectivity index (χ1v) is 13.8. The fraction of sp³-hybridized carbons (Fsp3) is 0.250. The molecule has 38 heavy (non-hydrogen) atoms. The molecule has 0 unspecified atom stereocenters. The number of unbranched alkanes of at least 4 members (excludes halogenated alkanes) is 3. The zero-order chi connectivity index (χ0) is 27.1. The quantitative estimate of drug-likeness (QED) is 0.0863. The van der Waals surface area contributed by atoms with E-state index in [0.29, 0.717) is 30.6 Å². The van der Waals surface area contributed by atoms with Gasteiger partial charge in [-0.1, -0.05) is 37.1 Å². The topological polar surface area (TPSA) is 138 Å². The highest BCUT2D eigenvalue weighted by molar-refractivity contribution is 7.93. The third kappa shape index (κ3) is 6.09. The number of aromatic nitrogens is 1. The molecule has 9 nitrogen and oxygen atoms in total. The number of H-pyrrole nitrogens is 1. The van der Waals surface area contributed by atoms with Gasteiger partial charge >= 0.3 is 0 Å². The molecule has 5 N–H and O–H groups in total. The Balaban J connectivity index is 1.60. The van der Waals surface area contributed by atoms with Gasteiger partial charge < -0.3 is 15.5 Å². The summed E-state index contributed by atoms with van der Waals surface area (Å²) in [4.78, 5) is 14.4. The maximum atomic E-state index is 13.9. The number of fused-ring (bicyclic) bond motifs is 1. The van der Waals surface area contributed by atoms with E-state index in [1.54, 1.807) is 29.7 Å². The molecule has 1 aromatic heterocycles. The number of amides is 1. The highest BCUT2D eigenvalue weighted by Crippen LogP contribution is 2.33. The number of carbonyl (C=O) groups is 1. The van der Waals surface area contributed by atoms with Crippen LogP contribution >= 0.6 is 0 Å². The Labute approximate surface area is 222 Å². The van der Waals surface area contributed by atoms with Crippen LogP contribution in [0, 0.1) is 0 Å². The van der Waals surface area contributed by atoms with Crippen LogP contribution in [0.1, 0.15) is 32.1 Å². The van der Waals surface area contributed by atoms with E-state index < -0.39 is 15.9 Å². The van der Waals surface area contributed by atoms with Crippen molar-refractivity contribution in [2.24, 2.45) is 0 Å². The number of hydrogen-bond donors (Lipinski definition) is 4. The lowest BCUT2D eigenvalue weighted by atomic mass is 10.0. The highest BCUT2D eigenvalue weighted by Gasteiger charge is 2.28. The van der Waals surface area contributed by atoms with Crippen LogP contribution < -0.4 is 20.3 Å². The van der Waals surface area contributed by atoms with Crippen LogP contribution in [-0.4, -0.2) is 38.2 Å². The van der Waals surface area contributed by atoms with Crippen LogP contribution in [-0.2, 0) is 14.8 Å². The molecule has 3 aromatic carbocycles. The summed E-state index contributed by atoms with van der Waals surface area (Å²) in [5.41, 5.74) is 11.4. The van der Waals surface area contributed by atoms with Crippen molar-refractivity contribution in [2.45, 2.75) is 37.0 Å². The Morgan fingerprint density at radius 2 is 1.71 bits per heavy atom. The molecule has 0 radical (unpaired) electrons. The summed E-state index contributed by atoms with van der Waals surface area (Å²) < 4.78 is 34.5. The van der Waals surface area contributed by atoms with Gasteiger partial charge in [-0.2, -0.15) is 0 Å². The summed E-state index contributed by atoms with van der Waals surface area (Å²) in [6.45, 7) is 0.236. The fourth-order valence-corrected chi connectivity index (χ4v) is 6.10. The first kappa shape index (κ1) is 27.0. The number of carbonyl (C=O) groups excluding carboxylic acids is 1. The summed E-state index contributed by atoms with van der Waals surface area (Å²) in [7, 11) is -2.58. The summed E-state index contributed by atoms with van der Waals surface area (Å²) in [6, 6.07) is 20.1. The van der Waals surface area contributed by atoms with Crippen LogP contribution in [0.4, 0.5) is 11.4 Å². The van der Waals surface area contributed by atoms with Crippen LogP contribution in [0.5, 0.6) is 5.75 Å². The summed E-state index contributed by atoms with van der Waals surface area (Å²) in [5, 5.41) is 9.75. The summed E-state index contributed by atoms with van der Waals surface area (Å²) in [5.74, 6) is -0.214. The van der Waals surface area contributed by atoms with Gasteiger partial charge in [-0.25, -0.2) is 13.9 Å². The van der Waals surface area contributed by atoms with Crippen LogP contribution in [0.2, 0.25) is 0 Å². The van der Waals surface area contributed by atoms with E-state index in [1.165, 1.54) is 17.5 Å². The Hall–Kier alpha value is -4.02. The molecule has 4 rings (SSSR count). The molecular weight excluding hydrogens is 504 g/mol. The number of aromatic amines is 1. The van der Waals surface area contributed by atoms with Crippen molar-refractivity contribution >= 4 is 38.2 Å². The smallest absolute Gasteiger partial charge is 0.268 e. The zero-order valence-electron chi connectivity index (χ0n) is 21.2. The monoisotopic (exact) mass is 536 g/mol. The number of sulfonamides is 1. The molecule has 0 saturated carbocycles. The number of nitrogen functional groups attached to an aromatic ring is 1. The van der Waals surface area contributed by atoms with Gasteiger partial charge in [0.1, 0.15) is 10.6 Å². The maximum Gasteiger partial charge on any atom is 0.268 e. The molecule has 4 aromatic rings. The normalized spacial score (nSPS) is 11.4. The molecule has 200 valence electrons. The van der Waals surface area contributed by atoms with E-state index >= 15 is 0 Å². The van der Waals surface area contributed by atoms with Gasteiger partial charge in [0.2, 0.25) is 5.91 Å². The van der Waals surface area contributed by atoms with Crippen molar-refractivity contribution in [1.29, 1.82) is 0 Å². The Morgan fingerprint density at radius 3 is 2.45 bits per heavy atom. The maximum absolute atomic E-state index is 13.9. The van der Waals surface area contributed by atoms with Gasteiger partial charge in [-0.3, -0.25) is 14.3 Å². The second-order valence-electron chi connectivity index (χ2n) is 9.01. The van der Waals surface area contributed by atoms with Crippen molar-refractivity contribution < 1.29 is 23.2 Å². The van der Waals surface area contributed by atoms with E-state index in [-0.39, 0.29) is 23.6 Å². The van der Waals surface area contributed by atoms with Crippen molar-refractivity contribution in [1.82, 2.24) is 10.5 Å². The molecule has 0 aliphatic rings. The first-order valence-electron chi connectivity index (χ1n) is 12.4. The van der Waals surface area contributed by atoms with Gasteiger partial charge in [0.25, 0.3) is 10.0 Å². The SMILES string of the molecule is COc1ccc(N)cc1S(=O)(=O)N(CCCCCCC(=O)NO)c1ccc(-c2ccc3cc[nH]c3c2)cc1. The molecule has 1 heterocycles. The number of benzene rings is 3. The van der Waals surface area contributed by atoms with Crippen molar-refractivity contribution in [3.05, 3.63) is 72.9 Å². The van der Waals surface area contributed by atoms with Crippen molar-refractivity contribution in [3.63, 3.8) is 0 Å². The Morgan fingerprint density at radius 1 is 0.974 bits per heavy atom. The molecule has 0 spiro atoms. The lowest BCUT2D eigenvalue weighted by molar-refractivity contribution is -0.129. The number of nitrogens with two attached hydrogens (primary N) is 1. The second-order valence-corrected chi connectivity index (χ2v) is 10.8. The van der Waals surface area contributed by atoms with Crippen LogP contribution in [0.15, 0.2) is 77.8 Å². The van der Waals surface area contributed by atoms with E-state index in [2.05, 4.69) is 11.1 Å². The lowest BCUT2D eigenvalue weighted by Gasteiger charge is -2.26. The van der Waals surface area contributed by atoms with Crippen molar-refractivity contribution in [3.8, 4) is 16.9 Å². The van der Waals surface area contributed by atoms with Gasteiger partial charge in [-0.15, -0.1) is 0 Å². The molecule has 0 saturated heterocycles. The predicted molar refractivity (Wildman–Crippen MR) is 149 cm³/mol. The number of ether oxygens (including phenoxy) is 1. The third-order valence-corrected chi connectivity index (χ3v) is 8.29. The second kappa shape index (κ2) is 12.0.